The van der Waals surface area contributed by atoms with Crippen LogP contribution in [-0.2, 0) is 0 Å². The molecule has 5 aliphatic rings. The highest BCUT2D eigenvalue weighted by molar-refractivity contribution is 6.01. The first kappa shape index (κ1) is 33.2. The molecule has 1 N–H and O–H groups in total. The Hall–Kier alpha value is -2.72. The summed E-state index contributed by atoms with van der Waals surface area (Å²) in [6.45, 7) is 12.8. The SMILES string of the molecule is CC1C=C(C(C/C(=N\CNC2=C(C3(C)C=CCCC3)C3C(CC2)C2CCC=CC2(C)C3(C)C)c2ccccc2)N(C)C)C=CC1F. The first-order valence-electron chi connectivity index (χ1n) is 18.1. The van der Waals surface area contributed by atoms with Gasteiger partial charge in [-0.1, -0.05) is 101 Å². The molecule has 0 bridgehead atoms. The standard InChI is InChI=1S/C42H58FN3/c1-29-26-31(19-21-34(29)43)37(46(6)7)27-36(30-16-10-8-11-17-30)45-28-44-35-22-20-32-33-18-12-15-25-42(33,5)40(2,3)38(32)39(35)41(4)23-13-9-14-24-41/h8,10-11,13,15-17,19,21,23,25-26,29,32-34,37-38,44H,9,12,14,18,20,22,24,27-28H2,1-7H3/b45-36+. The molecule has 1 aromatic carbocycles. The number of halogens is 1. The summed E-state index contributed by atoms with van der Waals surface area (Å²) in [4.78, 5) is 7.59. The molecule has 248 valence electrons. The van der Waals surface area contributed by atoms with Crippen molar-refractivity contribution in [1.82, 2.24) is 10.2 Å². The van der Waals surface area contributed by atoms with Gasteiger partial charge in [-0.05, 0) is 110 Å². The van der Waals surface area contributed by atoms with Crippen molar-refractivity contribution in [3.63, 3.8) is 0 Å². The number of aliphatic imine (C=N–C) groups is 1. The molecule has 0 radical (unpaired) electrons. The normalized spacial score (nSPS) is 36.0. The van der Waals surface area contributed by atoms with Crippen molar-refractivity contribution in [2.75, 3.05) is 20.8 Å². The zero-order chi connectivity index (χ0) is 32.7. The van der Waals surface area contributed by atoms with Crippen LogP contribution in [0.1, 0.15) is 91.5 Å². The van der Waals surface area contributed by atoms with Crippen LogP contribution in [0, 0.1) is 39.9 Å². The van der Waals surface area contributed by atoms with E-state index < -0.39 is 6.17 Å². The van der Waals surface area contributed by atoms with E-state index in [4.69, 9.17) is 4.99 Å². The predicted molar refractivity (Wildman–Crippen MR) is 192 cm³/mol. The minimum Gasteiger partial charge on any atom is -0.370 e. The number of hydrogen-bond donors (Lipinski definition) is 1. The minimum absolute atomic E-state index is 0.0848. The van der Waals surface area contributed by atoms with E-state index in [1.54, 1.807) is 11.6 Å². The highest BCUT2D eigenvalue weighted by Crippen LogP contribution is 2.71. The monoisotopic (exact) mass is 623 g/mol. The topological polar surface area (TPSA) is 27.6 Å². The van der Waals surface area contributed by atoms with Crippen molar-refractivity contribution in [2.24, 2.45) is 44.9 Å². The Kier molecular flexibility index (Phi) is 9.42. The summed E-state index contributed by atoms with van der Waals surface area (Å²) in [7, 11) is 4.24. The molecule has 8 atom stereocenters. The maximum atomic E-state index is 14.3. The lowest BCUT2D eigenvalue weighted by atomic mass is 9.56. The third-order valence-electron chi connectivity index (χ3n) is 13.0. The van der Waals surface area contributed by atoms with Crippen molar-refractivity contribution in [2.45, 2.75) is 98.2 Å². The van der Waals surface area contributed by atoms with E-state index in [9.17, 15) is 4.39 Å². The number of nitrogens with zero attached hydrogens (tertiary/aromatic N) is 2. The van der Waals surface area contributed by atoms with E-state index in [0.29, 0.717) is 12.6 Å². The lowest BCUT2D eigenvalue weighted by molar-refractivity contribution is 0.104. The highest BCUT2D eigenvalue weighted by atomic mass is 19.1. The molecule has 6 rings (SSSR count). The molecule has 1 fully saturated rings. The summed E-state index contributed by atoms with van der Waals surface area (Å²) in [6.07, 6.45) is 24.4. The average Bonchev–Trinajstić information content (AvgIpc) is 3.22. The van der Waals surface area contributed by atoms with Gasteiger partial charge in [-0.3, -0.25) is 4.99 Å². The second-order valence-electron chi connectivity index (χ2n) is 16.2. The zero-order valence-electron chi connectivity index (χ0n) is 29.5. The largest absolute Gasteiger partial charge is 0.370 e. The number of likely N-dealkylation sites (N-methyl/N-ethyl adjacent to an activating group) is 1. The molecule has 0 heterocycles. The number of nitrogens with one attached hydrogen (secondary N) is 1. The fraction of sp³-hybridized carbons (Fsp3) is 0.595. The van der Waals surface area contributed by atoms with Crippen LogP contribution in [0.25, 0.3) is 0 Å². The summed E-state index contributed by atoms with van der Waals surface area (Å²) < 4.78 is 14.3. The number of rotatable bonds is 9. The van der Waals surface area contributed by atoms with E-state index in [2.05, 4.69) is 113 Å². The first-order chi connectivity index (χ1) is 22.0. The third kappa shape index (κ3) is 5.93. The second-order valence-corrected chi connectivity index (χ2v) is 16.2. The van der Waals surface area contributed by atoms with Gasteiger partial charge in [-0.15, -0.1) is 0 Å². The Labute approximate surface area is 278 Å². The molecule has 8 unspecified atom stereocenters. The van der Waals surface area contributed by atoms with Gasteiger partial charge in [0.1, 0.15) is 12.8 Å². The van der Waals surface area contributed by atoms with E-state index in [1.165, 1.54) is 49.8 Å². The van der Waals surface area contributed by atoms with Gasteiger partial charge in [0.05, 0.1) is 0 Å². The second kappa shape index (κ2) is 13.1. The van der Waals surface area contributed by atoms with Crippen LogP contribution in [0.2, 0.25) is 0 Å². The Bertz CT molecular complexity index is 1440. The fourth-order valence-electron chi connectivity index (χ4n) is 10.1. The van der Waals surface area contributed by atoms with Crippen molar-refractivity contribution in [1.29, 1.82) is 0 Å². The quantitative estimate of drug-likeness (QED) is 0.219. The van der Waals surface area contributed by atoms with Crippen LogP contribution >= 0.6 is 0 Å². The number of hydrogen-bond acceptors (Lipinski definition) is 3. The molecule has 3 nitrogen and oxygen atoms in total. The minimum atomic E-state index is -0.913. The van der Waals surface area contributed by atoms with Crippen LogP contribution in [0.4, 0.5) is 4.39 Å². The summed E-state index contributed by atoms with van der Waals surface area (Å²) in [5, 5.41) is 3.98. The van der Waals surface area contributed by atoms with Gasteiger partial charge >= 0.3 is 0 Å². The van der Waals surface area contributed by atoms with Crippen LogP contribution in [0.5, 0.6) is 0 Å². The first-order valence-corrected chi connectivity index (χ1v) is 18.1. The summed E-state index contributed by atoms with van der Waals surface area (Å²) in [6, 6.07) is 10.8. The van der Waals surface area contributed by atoms with Gasteiger partial charge in [-0.25, -0.2) is 4.39 Å². The number of allylic oxidation sites excluding steroid dienone is 8. The van der Waals surface area contributed by atoms with Crippen molar-refractivity contribution < 1.29 is 4.39 Å². The molecule has 4 heteroatoms. The predicted octanol–water partition coefficient (Wildman–Crippen LogP) is 9.85. The smallest absolute Gasteiger partial charge is 0.125 e. The molecule has 1 saturated carbocycles. The van der Waals surface area contributed by atoms with Gasteiger partial charge in [0, 0.05) is 35.2 Å². The summed E-state index contributed by atoms with van der Waals surface area (Å²) in [5.41, 5.74) is 7.08. The Morgan fingerprint density at radius 3 is 2.50 bits per heavy atom. The molecule has 0 saturated heterocycles. The number of alkyl halides is 1. The van der Waals surface area contributed by atoms with E-state index in [1.807, 2.05) is 13.0 Å². The molecule has 0 spiro atoms. The van der Waals surface area contributed by atoms with Gasteiger partial charge in [0.25, 0.3) is 0 Å². The summed E-state index contributed by atoms with van der Waals surface area (Å²) in [5.74, 6) is 1.95. The average molecular weight is 624 g/mol. The van der Waals surface area contributed by atoms with E-state index in [0.717, 1.165) is 36.0 Å². The van der Waals surface area contributed by atoms with Gasteiger partial charge < -0.3 is 10.2 Å². The Balaban J connectivity index is 1.35. The fourth-order valence-corrected chi connectivity index (χ4v) is 10.1. The molecule has 1 aromatic rings. The summed E-state index contributed by atoms with van der Waals surface area (Å²) >= 11 is 0. The number of fused-ring (bicyclic) bond motifs is 3. The lowest BCUT2D eigenvalue weighted by Crippen LogP contribution is -2.42. The number of benzene rings is 1. The van der Waals surface area contributed by atoms with Crippen LogP contribution < -0.4 is 5.32 Å². The van der Waals surface area contributed by atoms with Crippen molar-refractivity contribution >= 4 is 5.71 Å². The maximum Gasteiger partial charge on any atom is 0.125 e. The molecule has 0 amide bonds. The molecule has 5 aliphatic carbocycles. The van der Waals surface area contributed by atoms with E-state index >= 15 is 0 Å². The molecule has 0 aliphatic heterocycles. The van der Waals surface area contributed by atoms with Crippen molar-refractivity contribution in [3.8, 4) is 0 Å². The van der Waals surface area contributed by atoms with Crippen LogP contribution in [-0.4, -0.2) is 43.6 Å². The maximum absolute atomic E-state index is 14.3. The lowest BCUT2D eigenvalue weighted by Gasteiger charge is -2.48. The molecule has 0 aromatic heterocycles. The van der Waals surface area contributed by atoms with Gasteiger partial charge in [-0.2, -0.15) is 0 Å². The van der Waals surface area contributed by atoms with Crippen LogP contribution in [0.15, 0.2) is 94.7 Å². The third-order valence-corrected chi connectivity index (χ3v) is 13.0. The Morgan fingerprint density at radius 1 is 1.04 bits per heavy atom. The molecule has 46 heavy (non-hydrogen) atoms. The zero-order valence-corrected chi connectivity index (χ0v) is 29.5. The van der Waals surface area contributed by atoms with Crippen LogP contribution in [0.3, 0.4) is 0 Å². The van der Waals surface area contributed by atoms with Gasteiger partial charge in [0.2, 0.25) is 0 Å². The molecular formula is C42H58FN3. The van der Waals surface area contributed by atoms with E-state index in [-0.39, 0.29) is 28.2 Å². The van der Waals surface area contributed by atoms with Crippen molar-refractivity contribution in [3.05, 3.63) is 95.3 Å². The Morgan fingerprint density at radius 2 is 1.80 bits per heavy atom. The van der Waals surface area contributed by atoms with Gasteiger partial charge in [0.15, 0.2) is 0 Å². The molecular weight excluding hydrogens is 565 g/mol. The highest BCUT2D eigenvalue weighted by Gasteiger charge is 2.64.